The number of hydrazone groups is 1. The summed E-state index contributed by atoms with van der Waals surface area (Å²) in [6, 6.07) is 0. The molecule has 0 saturated heterocycles. The predicted octanol–water partition coefficient (Wildman–Crippen LogP) is 1.65. The molecule has 0 amide bonds. The fourth-order valence-corrected chi connectivity index (χ4v) is 4.71. The van der Waals surface area contributed by atoms with Crippen LogP contribution in [0.4, 0.5) is 0 Å². The van der Waals surface area contributed by atoms with E-state index in [0.717, 1.165) is 5.71 Å². The van der Waals surface area contributed by atoms with E-state index in [1.165, 1.54) is 0 Å². The third-order valence-electron chi connectivity index (χ3n) is 2.86. The minimum Gasteiger partial charge on any atom is -0.473 e. The first-order valence-corrected chi connectivity index (χ1v) is 7.78. The Labute approximate surface area is 113 Å². The number of nitriles is 1. The second kappa shape index (κ2) is 4.34. The van der Waals surface area contributed by atoms with E-state index < -0.39 is 14.3 Å². The lowest BCUT2D eigenvalue weighted by Crippen LogP contribution is -2.60. The van der Waals surface area contributed by atoms with E-state index in [9.17, 15) is 5.26 Å². The number of nitrogens with zero attached hydrogens (tertiary/aromatic N) is 5. The van der Waals surface area contributed by atoms with Gasteiger partial charge in [0.2, 0.25) is 0 Å². The average Bonchev–Trinajstić information content (AvgIpc) is 2.64. The van der Waals surface area contributed by atoms with Crippen LogP contribution in [0.5, 0.6) is 0 Å². The van der Waals surface area contributed by atoms with E-state index in [-0.39, 0.29) is 0 Å². The zero-order valence-electron chi connectivity index (χ0n) is 11.8. The highest BCUT2D eigenvalue weighted by molar-refractivity contribution is 6.76. The topological polar surface area (TPSA) is 82.6 Å². The van der Waals surface area contributed by atoms with Crippen molar-refractivity contribution in [3.8, 4) is 5.69 Å². The van der Waals surface area contributed by atoms with E-state index in [1.54, 1.807) is 18.5 Å². The highest BCUT2D eigenvalue weighted by Crippen LogP contribution is 2.33. The third-order valence-corrected chi connectivity index (χ3v) is 5.55. The maximum atomic E-state index is 9.55. The SMILES string of the molecule is CC1=NN2C(C)(C)C/C(C)=N/N=C(/C)O[Si]2(C#N)O1. The van der Waals surface area contributed by atoms with Gasteiger partial charge in [-0.05, 0) is 20.8 Å². The van der Waals surface area contributed by atoms with Crippen LogP contribution < -0.4 is 0 Å². The first-order valence-electron chi connectivity index (χ1n) is 6.02. The molecule has 0 aromatic carbocycles. The summed E-state index contributed by atoms with van der Waals surface area (Å²) in [5, 5.41) is 22.0. The second-order valence-corrected chi connectivity index (χ2v) is 7.49. The lowest BCUT2D eigenvalue weighted by atomic mass is 9.99. The maximum absolute atomic E-state index is 9.55. The van der Waals surface area contributed by atoms with Crippen LogP contribution >= 0.6 is 0 Å². The largest absolute Gasteiger partial charge is 0.725 e. The molecule has 1 unspecified atom stereocenters. The van der Waals surface area contributed by atoms with Crippen molar-refractivity contribution in [2.45, 2.75) is 46.6 Å². The zero-order valence-corrected chi connectivity index (χ0v) is 12.8. The summed E-state index contributed by atoms with van der Waals surface area (Å²) < 4.78 is 13.0. The molecule has 2 rings (SSSR count). The highest BCUT2D eigenvalue weighted by Gasteiger charge is 2.62. The van der Waals surface area contributed by atoms with Crippen LogP contribution in [-0.4, -0.2) is 36.4 Å². The molecule has 0 aromatic heterocycles. The molecule has 0 saturated carbocycles. The predicted molar refractivity (Wildman–Crippen MR) is 73.4 cm³/mol. The third kappa shape index (κ3) is 2.33. The van der Waals surface area contributed by atoms with Gasteiger partial charge in [0.1, 0.15) is 5.69 Å². The fourth-order valence-electron chi connectivity index (χ4n) is 2.27. The standard InChI is InChI=1S/C11H17N5O2Si/c1-8-6-11(4,5)16-15-10(3)18-19(16,7-12)17-9(2)14-13-8/h6H2,1-5H3/b13-8+,14-9-. The van der Waals surface area contributed by atoms with Crippen molar-refractivity contribution in [3.63, 3.8) is 0 Å². The minimum atomic E-state index is -3.30. The monoisotopic (exact) mass is 279 g/mol. The Morgan fingerprint density at radius 2 is 1.84 bits per heavy atom. The Bertz CT molecular complexity index is 534. The molecule has 2 aliphatic rings. The molecule has 19 heavy (non-hydrogen) atoms. The Balaban J connectivity index is 2.52. The van der Waals surface area contributed by atoms with Gasteiger partial charge in [0.05, 0.1) is 5.54 Å². The van der Waals surface area contributed by atoms with Gasteiger partial charge in [0.25, 0.3) is 0 Å². The molecule has 2 aliphatic heterocycles. The first kappa shape index (κ1) is 13.5. The lowest BCUT2D eigenvalue weighted by Gasteiger charge is -2.37. The molecule has 0 aromatic rings. The van der Waals surface area contributed by atoms with Crippen molar-refractivity contribution >= 4 is 26.2 Å². The molecular weight excluding hydrogens is 262 g/mol. The van der Waals surface area contributed by atoms with Crippen LogP contribution in [0.25, 0.3) is 0 Å². The molecule has 0 N–H and O–H groups in total. The van der Waals surface area contributed by atoms with Crippen molar-refractivity contribution in [1.29, 1.82) is 5.26 Å². The van der Waals surface area contributed by atoms with E-state index in [1.807, 2.05) is 20.8 Å². The van der Waals surface area contributed by atoms with E-state index >= 15 is 0 Å². The van der Waals surface area contributed by atoms with Gasteiger partial charge in [-0.15, -0.1) is 10.2 Å². The normalized spacial score (nSPS) is 34.7. The minimum absolute atomic E-state index is 0.320. The number of fused-ring (bicyclic) bond motifs is 1. The molecule has 8 heteroatoms. The van der Waals surface area contributed by atoms with Crippen LogP contribution in [0.15, 0.2) is 15.3 Å². The summed E-state index contributed by atoms with van der Waals surface area (Å²) in [7, 11) is -3.30. The summed E-state index contributed by atoms with van der Waals surface area (Å²) in [5.74, 6) is 0.768. The van der Waals surface area contributed by atoms with Crippen molar-refractivity contribution in [1.82, 2.24) is 4.67 Å². The van der Waals surface area contributed by atoms with Crippen LogP contribution in [0.2, 0.25) is 0 Å². The van der Waals surface area contributed by atoms with Crippen molar-refractivity contribution in [2.75, 3.05) is 0 Å². The molecule has 1 atom stereocenters. The van der Waals surface area contributed by atoms with Gasteiger partial charge in [0, 0.05) is 26.0 Å². The lowest BCUT2D eigenvalue weighted by molar-refractivity contribution is 0.186. The van der Waals surface area contributed by atoms with Gasteiger partial charge >= 0.3 is 8.72 Å². The van der Waals surface area contributed by atoms with Crippen molar-refractivity contribution in [2.24, 2.45) is 15.3 Å². The molecule has 7 nitrogen and oxygen atoms in total. The number of hydrogen-bond donors (Lipinski definition) is 0. The van der Waals surface area contributed by atoms with Crippen LogP contribution in [-0.2, 0) is 8.85 Å². The fraction of sp³-hybridized carbons (Fsp3) is 0.636. The summed E-state index contributed by atoms with van der Waals surface area (Å²) in [5.41, 5.74) is 2.61. The molecule has 0 fully saturated rings. The van der Waals surface area contributed by atoms with Crippen LogP contribution in [0.3, 0.4) is 0 Å². The first-order chi connectivity index (χ1) is 8.79. The summed E-state index contributed by atoms with van der Waals surface area (Å²) in [4.78, 5) is 0. The second-order valence-electron chi connectivity index (χ2n) is 5.27. The Hall–Kier alpha value is -1.88. The van der Waals surface area contributed by atoms with Crippen LogP contribution in [0.1, 0.15) is 41.0 Å². The van der Waals surface area contributed by atoms with Crippen molar-refractivity contribution in [3.05, 3.63) is 0 Å². The number of rotatable bonds is 0. The van der Waals surface area contributed by atoms with E-state index in [4.69, 9.17) is 8.85 Å². The molecule has 102 valence electrons. The molecule has 0 bridgehead atoms. The summed E-state index contributed by atoms with van der Waals surface area (Å²) in [6.07, 6.45) is 0.629. The van der Waals surface area contributed by atoms with Gasteiger partial charge in [0.15, 0.2) is 11.8 Å². The molecule has 0 aliphatic carbocycles. The van der Waals surface area contributed by atoms with Gasteiger partial charge < -0.3 is 8.85 Å². The van der Waals surface area contributed by atoms with E-state index in [0.29, 0.717) is 18.2 Å². The Morgan fingerprint density at radius 1 is 1.21 bits per heavy atom. The Morgan fingerprint density at radius 3 is 2.47 bits per heavy atom. The van der Waals surface area contributed by atoms with E-state index in [2.05, 4.69) is 21.0 Å². The van der Waals surface area contributed by atoms with Crippen molar-refractivity contribution < 1.29 is 8.85 Å². The van der Waals surface area contributed by atoms with Gasteiger partial charge in [-0.3, -0.25) is 0 Å². The highest BCUT2D eigenvalue weighted by atomic mass is 28.4. The van der Waals surface area contributed by atoms with Crippen LogP contribution in [0, 0.1) is 11.0 Å². The maximum Gasteiger partial charge on any atom is 0.725 e. The summed E-state index contributed by atoms with van der Waals surface area (Å²) in [6.45, 7) is 9.25. The van der Waals surface area contributed by atoms with Gasteiger partial charge in [-0.2, -0.15) is 10.4 Å². The molecule has 0 spiro atoms. The van der Waals surface area contributed by atoms with Gasteiger partial charge in [-0.25, -0.2) is 4.67 Å². The molecule has 0 radical (unpaired) electrons. The molecule has 2 heterocycles. The number of hydrogen-bond acceptors (Lipinski definition) is 7. The summed E-state index contributed by atoms with van der Waals surface area (Å²) >= 11 is 0. The Kier molecular flexibility index (Phi) is 3.10. The smallest absolute Gasteiger partial charge is 0.473 e. The zero-order chi connectivity index (χ0) is 14.3. The molecular formula is C11H17N5O2Si. The van der Waals surface area contributed by atoms with Gasteiger partial charge in [-0.1, -0.05) is 0 Å². The average molecular weight is 279 g/mol. The quantitative estimate of drug-likeness (QED) is 0.631.